The molecule has 0 saturated heterocycles. The second kappa shape index (κ2) is 11.5. The number of ketones is 1. The molecule has 0 atom stereocenters. The van der Waals surface area contributed by atoms with Crippen LogP contribution in [0.1, 0.15) is 105 Å². The second-order valence-electron chi connectivity index (χ2n) is 6.81. The molecule has 0 N–H and O–H groups in total. The third-order valence-corrected chi connectivity index (χ3v) is 4.03. The van der Waals surface area contributed by atoms with E-state index in [1.54, 1.807) is 0 Å². The van der Waals surface area contributed by atoms with Crippen LogP contribution in [-0.2, 0) is 4.79 Å². The minimum atomic E-state index is 0.216. The fourth-order valence-corrected chi connectivity index (χ4v) is 2.66. The van der Waals surface area contributed by atoms with Crippen molar-refractivity contribution in [2.24, 2.45) is 5.41 Å². The maximum absolute atomic E-state index is 11.5. The monoisotopic (exact) mass is 268 g/mol. The van der Waals surface area contributed by atoms with E-state index < -0.39 is 0 Å². The Morgan fingerprint density at radius 3 is 1.74 bits per heavy atom. The summed E-state index contributed by atoms with van der Waals surface area (Å²) in [5, 5.41) is 0. The summed E-state index contributed by atoms with van der Waals surface area (Å²) >= 11 is 0. The molecule has 0 aromatic rings. The van der Waals surface area contributed by atoms with Crippen molar-refractivity contribution in [1.82, 2.24) is 0 Å². The topological polar surface area (TPSA) is 17.1 Å². The maximum Gasteiger partial charge on any atom is 0.133 e. The average molecular weight is 268 g/mol. The molecule has 19 heavy (non-hydrogen) atoms. The smallest absolute Gasteiger partial charge is 0.133 e. The van der Waals surface area contributed by atoms with E-state index in [4.69, 9.17) is 0 Å². The lowest BCUT2D eigenvalue weighted by atomic mass is 9.81. The van der Waals surface area contributed by atoms with E-state index in [1.807, 2.05) is 6.92 Å². The van der Waals surface area contributed by atoms with Gasteiger partial charge >= 0.3 is 0 Å². The van der Waals surface area contributed by atoms with Crippen molar-refractivity contribution < 1.29 is 4.79 Å². The first-order valence-electron chi connectivity index (χ1n) is 8.53. The molecule has 0 spiro atoms. The number of carbonyl (C=O) groups excluding carboxylic acids is 1. The SMILES string of the molecule is CCCCCCCCCCCC(C)(C)CC(=O)CC. The van der Waals surface area contributed by atoms with Gasteiger partial charge in [0, 0.05) is 12.8 Å². The molecule has 0 aliphatic heterocycles. The molecule has 0 saturated carbocycles. The molecule has 0 aromatic heterocycles. The Hall–Kier alpha value is -0.330. The summed E-state index contributed by atoms with van der Waals surface area (Å²) in [7, 11) is 0. The third-order valence-electron chi connectivity index (χ3n) is 4.03. The first-order valence-corrected chi connectivity index (χ1v) is 8.53. The largest absolute Gasteiger partial charge is 0.300 e. The highest BCUT2D eigenvalue weighted by molar-refractivity contribution is 5.78. The van der Waals surface area contributed by atoms with Crippen molar-refractivity contribution in [3.05, 3.63) is 0 Å². The van der Waals surface area contributed by atoms with E-state index in [0.29, 0.717) is 12.2 Å². The summed E-state index contributed by atoms with van der Waals surface area (Å²) < 4.78 is 0. The lowest BCUT2D eigenvalue weighted by Crippen LogP contribution is -2.16. The molecule has 0 amide bonds. The van der Waals surface area contributed by atoms with Crippen LogP contribution in [0.5, 0.6) is 0 Å². The molecule has 0 heterocycles. The standard InChI is InChI=1S/C18H36O/c1-5-7-8-9-10-11-12-13-14-15-18(3,4)16-17(19)6-2/h5-16H2,1-4H3. The van der Waals surface area contributed by atoms with E-state index in [2.05, 4.69) is 20.8 Å². The van der Waals surface area contributed by atoms with Gasteiger partial charge in [-0.1, -0.05) is 85.5 Å². The van der Waals surface area contributed by atoms with Crippen molar-refractivity contribution in [3.8, 4) is 0 Å². The minimum Gasteiger partial charge on any atom is -0.300 e. The molecule has 0 aliphatic carbocycles. The van der Waals surface area contributed by atoms with Crippen LogP contribution < -0.4 is 0 Å². The summed E-state index contributed by atoms with van der Waals surface area (Å²) in [6, 6.07) is 0. The van der Waals surface area contributed by atoms with E-state index in [1.165, 1.54) is 64.2 Å². The van der Waals surface area contributed by atoms with Gasteiger partial charge in [-0.15, -0.1) is 0 Å². The lowest BCUT2D eigenvalue weighted by Gasteiger charge is -2.23. The highest BCUT2D eigenvalue weighted by atomic mass is 16.1. The Bertz CT molecular complexity index is 218. The van der Waals surface area contributed by atoms with Gasteiger partial charge in [0.25, 0.3) is 0 Å². The molecule has 0 fully saturated rings. The summed E-state index contributed by atoms with van der Waals surface area (Å²) in [6.07, 6.45) is 15.1. The van der Waals surface area contributed by atoms with Crippen LogP contribution in [-0.4, -0.2) is 5.78 Å². The average Bonchev–Trinajstić information content (AvgIpc) is 2.36. The van der Waals surface area contributed by atoms with Crippen LogP contribution in [0, 0.1) is 5.41 Å². The van der Waals surface area contributed by atoms with Gasteiger partial charge in [-0.05, 0) is 11.8 Å². The predicted molar refractivity (Wildman–Crippen MR) is 85.5 cm³/mol. The Balaban J connectivity index is 3.40. The first kappa shape index (κ1) is 18.7. The number of unbranched alkanes of at least 4 members (excludes halogenated alkanes) is 8. The molecule has 114 valence electrons. The lowest BCUT2D eigenvalue weighted by molar-refractivity contribution is -0.120. The molecule has 0 unspecified atom stereocenters. The van der Waals surface area contributed by atoms with Crippen LogP contribution >= 0.6 is 0 Å². The Morgan fingerprint density at radius 1 is 0.789 bits per heavy atom. The second-order valence-corrected chi connectivity index (χ2v) is 6.81. The fraction of sp³-hybridized carbons (Fsp3) is 0.944. The highest BCUT2D eigenvalue weighted by Crippen LogP contribution is 2.28. The third kappa shape index (κ3) is 12.4. The number of rotatable bonds is 13. The van der Waals surface area contributed by atoms with E-state index in [0.717, 1.165) is 6.42 Å². The zero-order valence-corrected chi connectivity index (χ0v) is 13.9. The molecular weight excluding hydrogens is 232 g/mol. The van der Waals surface area contributed by atoms with Crippen LogP contribution in [0.15, 0.2) is 0 Å². The summed E-state index contributed by atoms with van der Waals surface area (Å²) in [5.74, 6) is 0.418. The molecule has 0 radical (unpaired) electrons. The molecule has 1 heteroatoms. The fourth-order valence-electron chi connectivity index (χ4n) is 2.66. The van der Waals surface area contributed by atoms with E-state index >= 15 is 0 Å². The van der Waals surface area contributed by atoms with Gasteiger partial charge in [-0.3, -0.25) is 4.79 Å². The Kier molecular flexibility index (Phi) is 11.3. The predicted octanol–water partition coefficient (Wildman–Crippen LogP) is 6.30. The van der Waals surface area contributed by atoms with Crippen molar-refractivity contribution in [1.29, 1.82) is 0 Å². The minimum absolute atomic E-state index is 0.216. The maximum atomic E-state index is 11.5. The van der Waals surface area contributed by atoms with Gasteiger partial charge in [-0.25, -0.2) is 0 Å². The quantitative estimate of drug-likeness (QED) is 0.358. The molecule has 0 rings (SSSR count). The van der Waals surface area contributed by atoms with Crippen LogP contribution in [0.25, 0.3) is 0 Å². The zero-order valence-electron chi connectivity index (χ0n) is 13.9. The van der Waals surface area contributed by atoms with Gasteiger partial charge in [0.1, 0.15) is 5.78 Å². The van der Waals surface area contributed by atoms with E-state index in [9.17, 15) is 4.79 Å². The normalized spacial score (nSPS) is 11.8. The van der Waals surface area contributed by atoms with Gasteiger partial charge in [-0.2, -0.15) is 0 Å². The molecule has 0 aromatic carbocycles. The molecule has 0 bridgehead atoms. The molecular formula is C18H36O. The zero-order chi connectivity index (χ0) is 14.6. The Labute approximate surface area is 121 Å². The number of carbonyl (C=O) groups is 1. The van der Waals surface area contributed by atoms with Gasteiger partial charge in [0.15, 0.2) is 0 Å². The number of hydrogen-bond acceptors (Lipinski definition) is 1. The summed E-state index contributed by atoms with van der Waals surface area (Å²) in [4.78, 5) is 11.5. The number of Topliss-reactive ketones (excluding diaryl/α,β-unsaturated/α-hetero) is 1. The van der Waals surface area contributed by atoms with Crippen LogP contribution in [0.2, 0.25) is 0 Å². The molecule has 0 aliphatic rings. The van der Waals surface area contributed by atoms with Crippen molar-refractivity contribution in [3.63, 3.8) is 0 Å². The van der Waals surface area contributed by atoms with Crippen molar-refractivity contribution in [2.75, 3.05) is 0 Å². The van der Waals surface area contributed by atoms with Crippen LogP contribution in [0.4, 0.5) is 0 Å². The van der Waals surface area contributed by atoms with Crippen molar-refractivity contribution >= 4 is 5.78 Å². The summed E-state index contributed by atoms with van der Waals surface area (Å²) in [6.45, 7) is 8.72. The molecule has 1 nitrogen and oxygen atoms in total. The summed E-state index contributed by atoms with van der Waals surface area (Å²) in [5.41, 5.74) is 0.216. The Morgan fingerprint density at radius 2 is 1.26 bits per heavy atom. The van der Waals surface area contributed by atoms with Crippen LogP contribution in [0.3, 0.4) is 0 Å². The van der Waals surface area contributed by atoms with E-state index in [-0.39, 0.29) is 5.41 Å². The van der Waals surface area contributed by atoms with Crippen molar-refractivity contribution in [2.45, 2.75) is 105 Å². The first-order chi connectivity index (χ1) is 9.02. The van der Waals surface area contributed by atoms with Gasteiger partial charge in [0.2, 0.25) is 0 Å². The number of hydrogen-bond donors (Lipinski definition) is 0. The highest BCUT2D eigenvalue weighted by Gasteiger charge is 2.20. The van der Waals surface area contributed by atoms with Gasteiger partial charge < -0.3 is 0 Å². The van der Waals surface area contributed by atoms with Gasteiger partial charge in [0.05, 0.1) is 0 Å².